The van der Waals surface area contributed by atoms with E-state index in [0.29, 0.717) is 5.92 Å². The van der Waals surface area contributed by atoms with Crippen LogP contribution in [0.15, 0.2) is 12.1 Å². The van der Waals surface area contributed by atoms with Crippen molar-refractivity contribution in [2.45, 2.75) is 65.2 Å². The second kappa shape index (κ2) is 5.44. The number of ketones is 2. The molecule has 2 atom stereocenters. The van der Waals surface area contributed by atoms with Crippen molar-refractivity contribution in [3.05, 3.63) is 28.8 Å². The number of carbonyl (C=O) groups is 2. The number of ether oxygens (including phenoxy) is 1. The Hall–Kier alpha value is -1.64. The van der Waals surface area contributed by atoms with E-state index in [1.807, 2.05) is 20.8 Å². The highest BCUT2D eigenvalue weighted by atomic mass is 16.5. The quantitative estimate of drug-likeness (QED) is 0.764. The second-order valence-corrected chi connectivity index (χ2v) is 8.44. The highest BCUT2D eigenvalue weighted by Gasteiger charge is 2.58. The lowest BCUT2D eigenvalue weighted by atomic mass is 9.49. The average Bonchev–Trinajstić information content (AvgIpc) is 2.52. The molecule has 0 N–H and O–H groups in total. The molecule has 130 valence electrons. The molecule has 1 aromatic rings. The van der Waals surface area contributed by atoms with Gasteiger partial charge in [0.25, 0.3) is 0 Å². The Morgan fingerprint density at radius 3 is 2.38 bits per heavy atom. The maximum absolute atomic E-state index is 13.0. The molecule has 2 aliphatic carbocycles. The molecule has 3 rings (SSSR count). The molecule has 0 amide bonds. The Balaban J connectivity index is 2.22. The van der Waals surface area contributed by atoms with Crippen molar-refractivity contribution in [3.63, 3.8) is 0 Å². The SMILES string of the molecule is COc1cc2c(cc1C(C)C)CC[C@H]1C(C)(C)C(=O)CC(=O)[C@]21C. The van der Waals surface area contributed by atoms with Gasteiger partial charge in [-0.2, -0.15) is 0 Å². The number of carbonyl (C=O) groups excluding carboxylic acids is 2. The maximum atomic E-state index is 13.0. The zero-order valence-corrected chi connectivity index (χ0v) is 15.7. The predicted molar refractivity (Wildman–Crippen MR) is 94.7 cm³/mol. The summed E-state index contributed by atoms with van der Waals surface area (Å²) in [7, 11) is 1.69. The van der Waals surface area contributed by atoms with Crippen molar-refractivity contribution in [2.75, 3.05) is 7.11 Å². The fourth-order valence-corrected chi connectivity index (χ4v) is 4.92. The Morgan fingerprint density at radius 2 is 1.79 bits per heavy atom. The van der Waals surface area contributed by atoms with Gasteiger partial charge in [-0.25, -0.2) is 0 Å². The molecule has 0 unspecified atom stereocenters. The van der Waals surface area contributed by atoms with Crippen LogP contribution in [0.1, 0.15) is 70.1 Å². The first-order valence-electron chi connectivity index (χ1n) is 8.91. The van der Waals surface area contributed by atoms with Gasteiger partial charge in [0.1, 0.15) is 11.5 Å². The molecular formula is C21H28O3. The fraction of sp³-hybridized carbons (Fsp3) is 0.619. The molecule has 0 heterocycles. The molecule has 3 heteroatoms. The largest absolute Gasteiger partial charge is 0.496 e. The number of aryl methyl sites for hydroxylation is 1. The van der Waals surface area contributed by atoms with Crippen molar-refractivity contribution in [3.8, 4) is 5.75 Å². The molecule has 0 aromatic heterocycles. The minimum atomic E-state index is -0.590. The van der Waals surface area contributed by atoms with E-state index in [-0.39, 0.29) is 23.9 Å². The van der Waals surface area contributed by atoms with Gasteiger partial charge in [0, 0.05) is 5.41 Å². The minimum Gasteiger partial charge on any atom is -0.496 e. The molecule has 0 aliphatic heterocycles. The van der Waals surface area contributed by atoms with Gasteiger partial charge in [0.2, 0.25) is 0 Å². The third kappa shape index (κ3) is 2.17. The van der Waals surface area contributed by atoms with Gasteiger partial charge >= 0.3 is 0 Å². The maximum Gasteiger partial charge on any atom is 0.150 e. The lowest BCUT2D eigenvalue weighted by Crippen LogP contribution is -2.57. The molecule has 0 spiro atoms. The van der Waals surface area contributed by atoms with Gasteiger partial charge in [-0.3, -0.25) is 9.59 Å². The predicted octanol–water partition coefficient (Wildman–Crippen LogP) is 4.21. The number of benzene rings is 1. The number of methoxy groups -OCH3 is 1. The van der Waals surface area contributed by atoms with E-state index in [4.69, 9.17) is 4.74 Å². The smallest absolute Gasteiger partial charge is 0.150 e. The third-order valence-electron chi connectivity index (χ3n) is 6.53. The Kier molecular flexibility index (Phi) is 3.89. The number of hydrogen-bond acceptors (Lipinski definition) is 3. The summed E-state index contributed by atoms with van der Waals surface area (Å²) in [5, 5.41) is 0. The van der Waals surface area contributed by atoms with Crippen LogP contribution in [-0.4, -0.2) is 18.7 Å². The van der Waals surface area contributed by atoms with Crippen LogP contribution in [0.3, 0.4) is 0 Å². The van der Waals surface area contributed by atoms with E-state index < -0.39 is 10.8 Å². The molecular weight excluding hydrogens is 300 g/mol. The van der Waals surface area contributed by atoms with E-state index in [1.54, 1.807) is 7.11 Å². The van der Waals surface area contributed by atoms with E-state index >= 15 is 0 Å². The summed E-state index contributed by atoms with van der Waals surface area (Å²) in [6.45, 7) is 10.4. The monoisotopic (exact) mass is 328 g/mol. The summed E-state index contributed by atoms with van der Waals surface area (Å²) in [5.74, 6) is 1.44. The molecule has 2 aliphatic rings. The Morgan fingerprint density at radius 1 is 1.12 bits per heavy atom. The van der Waals surface area contributed by atoms with Crippen LogP contribution in [0.4, 0.5) is 0 Å². The summed E-state index contributed by atoms with van der Waals surface area (Å²) in [5.41, 5.74) is 2.47. The second-order valence-electron chi connectivity index (χ2n) is 8.44. The number of fused-ring (bicyclic) bond motifs is 3. The van der Waals surface area contributed by atoms with E-state index in [2.05, 4.69) is 26.0 Å². The topological polar surface area (TPSA) is 43.4 Å². The van der Waals surface area contributed by atoms with Crippen molar-refractivity contribution >= 4 is 11.6 Å². The van der Waals surface area contributed by atoms with Gasteiger partial charge < -0.3 is 4.74 Å². The summed E-state index contributed by atoms with van der Waals surface area (Å²) in [6.07, 6.45) is 1.86. The summed E-state index contributed by atoms with van der Waals surface area (Å²) in [4.78, 5) is 25.4. The van der Waals surface area contributed by atoms with Crippen LogP contribution >= 0.6 is 0 Å². The highest BCUT2D eigenvalue weighted by molar-refractivity contribution is 6.09. The first kappa shape index (κ1) is 17.2. The fourth-order valence-electron chi connectivity index (χ4n) is 4.92. The first-order chi connectivity index (χ1) is 11.1. The molecule has 0 saturated heterocycles. The summed E-state index contributed by atoms with van der Waals surface area (Å²) < 4.78 is 5.63. The number of Topliss-reactive ketones (excluding diaryl/α,β-unsaturated/α-hetero) is 2. The molecule has 1 saturated carbocycles. The zero-order chi connectivity index (χ0) is 17.9. The summed E-state index contributed by atoms with van der Waals surface area (Å²) >= 11 is 0. The van der Waals surface area contributed by atoms with Gasteiger partial charge in [0.05, 0.1) is 18.9 Å². The molecule has 0 radical (unpaired) electrons. The van der Waals surface area contributed by atoms with Crippen LogP contribution in [0.5, 0.6) is 5.75 Å². The summed E-state index contributed by atoms with van der Waals surface area (Å²) in [6, 6.07) is 4.29. The van der Waals surface area contributed by atoms with E-state index in [9.17, 15) is 9.59 Å². The molecule has 0 bridgehead atoms. The standard InChI is InChI=1S/C21H28O3/c1-12(2)14-9-13-7-8-17-20(3,4)18(22)11-19(23)21(17,5)15(13)10-16(14)24-6/h9-10,12,17H,7-8,11H2,1-6H3/t17-,21+/m0/s1. The van der Waals surface area contributed by atoms with E-state index in [1.165, 1.54) is 11.1 Å². The Labute approximate surface area is 144 Å². The van der Waals surface area contributed by atoms with Gasteiger partial charge in [-0.05, 0) is 54.4 Å². The normalized spacial score (nSPS) is 28.5. The molecule has 1 fully saturated rings. The lowest BCUT2D eigenvalue weighted by molar-refractivity contribution is -0.147. The van der Waals surface area contributed by atoms with Crippen molar-refractivity contribution < 1.29 is 14.3 Å². The van der Waals surface area contributed by atoms with E-state index in [0.717, 1.165) is 24.2 Å². The minimum absolute atomic E-state index is 0.0493. The van der Waals surface area contributed by atoms with Gasteiger partial charge in [-0.15, -0.1) is 0 Å². The molecule has 1 aromatic carbocycles. The van der Waals surface area contributed by atoms with Gasteiger partial charge in [-0.1, -0.05) is 33.8 Å². The van der Waals surface area contributed by atoms with Crippen LogP contribution < -0.4 is 4.74 Å². The third-order valence-corrected chi connectivity index (χ3v) is 6.53. The molecule has 3 nitrogen and oxygen atoms in total. The zero-order valence-electron chi connectivity index (χ0n) is 15.7. The van der Waals surface area contributed by atoms with Crippen LogP contribution in [0, 0.1) is 11.3 Å². The first-order valence-corrected chi connectivity index (χ1v) is 8.91. The number of hydrogen-bond donors (Lipinski definition) is 0. The van der Waals surface area contributed by atoms with Crippen LogP contribution in [-0.2, 0) is 21.4 Å². The Bertz CT molecular complexity index is 714. The van der Waals surface area contributed by atoms with Crippen molar-refractivity contribution in [1.29, 1.82) is 0 Å². The van der Waals surface area contributed by atoms with Crippen molar-refractivity contribution in [1.82, 2.24) is 0 Å². The highest BCUT2D eigenvalue weighted by Crippen LogP contribution is 2.55. The van der Waals surface area contributed by atoms with Crippen molar-refractivity contribution in [2.24, 2.45) is 11.3 Å². The lowest BCUT2D eigenvalue weighted by Gasteiger charge is -2.52. The van der Waals surface area contributed by atoms with Gasteiger partial charge in [0.15, 0.2) is 5.78 Å². The number of rotatable bonds is 2. The van der Waals surface area contributed by atoms with Crippen LogP contribution in [0.25, 0.3) is 0 Å². The average molecular weight is 328 g/mol. The molecule has 24 heavy (non-hydrogen) atoms. The van der Waals surface area contributed by atoms with Crippen LogP contribution in [0.2, 0.25) is 0 Å².